The average Bonchev–Trinajstić information content (AvgIpc) is 1.97. The largest absolute Gasteiger partial charge is 1.00 e. The molecule has 74 valence electrons. The van der Waals surface area contributed by atoms with Crippen molar-refractivity contribution >= 4 is 17.9 Å². The first-order valence-corrected chi connectivity index (χ1v) is 3.25. The van der Waals surface area contributed by atoms with Crippen LogP contribution in [-0.2, 0) is 14.4 Å². The predicted molar refractivity (Wildman–Crippen MR) is 31.4 cm³/mol. The summed E-state index contributed by atoms with van der Waals surface area (Å²) in [7, 11) is 0. The third-order valence-electron chi connectivity index (χ3n) is 1.24. The number of rotatable bonds is 5. The van der Waals surface area contributed by atoms with E-state index in [0.717, 1.165) is 6.92 Å². The first-order valence-electron chi connectivity index (χ1n) is 3.25. The number of carbonyl (C=O) groups is 3. The molecule has 0 aliphatic heterocycles. The molecule has 1 N–H and O–H groups in total. The van der Waals surface area contributed by atoms with Crippen LogP contribution in [0, 0.1) is 0 Å². The molecule has 0 amide bonds. The van der Waals surface area contributed by atoms with Crippen LogP contribution < -0.4 is 175 Å². The van der Waals surface area contributed by atoms with E-state index in [9.17, 15) is 29.7 Å². The molecule has 0 fully saturated rings. The number of hydrogen-bond donors (Lipinski definition) is 1. The second-order valence-corrected chi connectivity index (χ2v) is 2.28. The number of hydrogen-bond acceptors (Lipinski definition) is 7. The van der Waals surface area contributed by atoms with Crippen molar-refractivity contribution in [2.45, 2.75) is 19.0 Å². The minimum atomic E-state index is -2.16. The maximum absolute atomic E-state index is 10.1. The SMILES string of the molecule is C[C@H](NC(C(=O)[O-])C(=O)[O-])C(=O)[O-].[K+].[K+].[K+]. The topological polar surface area (TPSA) is 132 Å². The molecule has 0 bridgehead atoms. The zero-order valence-electron chi connectivity index (χ0n) is 9.60. The third-order valence-corrected chi connectivity index (χ3v) is 1.24. The van der Waals surface area contributed by atoms with Gasteiger partial charge in [0.25, 0.3) is 0 Å². The van der Waals surface area contributed by atoms with Crippen molar-refractivity contribution in [1.29, 1.82) is 0 Å². The van der Waals surface area contributed by atoms with Crippen molar-refractivity contribution in [2.24, 2.45) is 0 Å². The van der Waals surface area contributed by atoms with Crippen LogP contribution in [0.1, 0.15) is 6.92 Å². The predicted octanol–water partition coefficient (Wildman–Crippen LogP) is -14.4. The van der Waals surface area contributed by atoms with Crippen molar-refractivity contribution in [3.05, 3.63) is 0 Å². The summed E-state index contributed by atoms with van der Waals surface area (Å²) in [6.45, 7) is 1.04. The molecule has 0 unspecified atom stereocenters. The second-order valence-electron chi connectivity index (χ2n) is 2.28. The van der Waals surface area contributed by atoms with Crippen LogP contribution in [0.25, 0.3) is 0 Å². The normalized spacial score (nSPS) is 10.1. The van der Waals surface area contributed by atoms with Gasteiger partial charge in [0.1, 0.15) is 0 Å². The molecule has 0 aliphatic carbocycles. The fraction of sp³-hybridized carbons (Fsp3) is 0.500. The summed E-state index contributed by atoms with van der Waals surface area (Å²) in [6, 6.07) is -3.58. The molecule has 0 radical (unpaired) electrons. The molecule has 0 saturated carbocycles. The van der Waals surface area contributed by atoms with Gasteiger partial charge in [0.2, 0.25) is 0 Å². The van der Waals surface area contributed by atoms with E-state index < -0.39 is 30.0 Å². The Kier molecular flexibility index (Phi) is 25.3. The van der Waals surface area contributed by atoms with Crippen molar-refractivity contribution < 1.29 is 184 Å². The maximum Gasteiger partial charge on any atom is 1.00 e. The van der Waals surface area contributed by atoms with E-state index in [4.69, 9.17) is 0 Å². The summed E-state index contributed by atoms with van der Waals surface area (Å²) < 4.78 is 0. The molecule has 0 heterocycles. The Morgan fingerprint density at radius 3 is 1.38 bits per heavy atom. The van der Waals surface area contributed by atoms with E-state index >= 15 is 0 Å². The Labute approximate surface area is 220 Å². The zero-order chi connectivity index (χ0) is 10.6. The Bertz CT molecular complexity index is 234. The molecule has 16 heavy (non-hydrogen) atoms. The minimum absolute atomic E-state index is 0. The molecule has 10 heteroatoms. The van der Waals surface area contributed by atoms with Gasteiger partial charge in [0.05, 0.1) is 23.9 Å². The first-order chi connectivity index (χ1) is 5.86. The molecular weight excluding hydrogens is 299 g/mol. The zero-order valence-corrected chi connectivity index (χ0v) is 19.0. The smallest absolute Gasteiger partial charge is 0.548 e. The molecule has 0 rings (SSSR count). The van der Waals surface area contributed by atoms with E-state index in [1.165, 1.54) is 0 Å². The minimum Gasteiger partial charge on any atom is -0.548 e. The number of carbonyl (C=O) groups excluding carboxylic acids is 3. The van der Waals surface area contributed by atoms with Gasteiger partial charge < -0.3 is 29.7 Å². The van der Waals surface area contributed by atoms with Crippen LogP contribution in [0.3, 0.4) is 0 Å². The van der Waals surface area contributed by atoms with Crippen LogP contribution >= 0.6 is 0 Å². The Morgan fingerprint density at radius 1 is 0.875 bits per heavy atom. The molecule has 0 aliphatic rings. The van der Waals surface area contributed by atoms with E-state index in [1.54, 1.807) is 5.32 Å². The van der Waals surface area contributed by atoms with Crippen LogP contribution in [0.5, 0.6) is 0 Å². The molecule has 0 aromatic rings. The summed E-state index contributed by atoms with van der Waals surface area (Å²) in [5.41, 5.74) is 0. The standard InChI is InChI=1S/C6H9NO6.3K/c1-2(4(8)9)7-3(5(10)11)6(12)13;;;/h2-3,7H,1H3,(H,8,9)(H,10,11)(H,12,13);;;/q;3*+1/p-3/t2-;;;/m0.../s1. The fourth-order valence-electron chi connectivity index (χ4n) is 0.550. The quantitative estimate of drug-likeness (QED) is 0.394. The van der Waals surface area contributed by atoms with Crippen LogP contribution in [-0.4, -0.2) is 30.0 Å². The van der Waals surface area contributed by atoms with Crippen LogP contribution in [0.15, 0.2) is 0 Å². The monoisotopic (exact) mass is 305 g/mol. The van der Waals surface area contributed by atoms with E-state index in [2.05, 4.69) is 0 Å². The second kappa shape index (κ2) is 14.7. The van der Waals surface area contributed by atoms with Crippen molar-refractivity contribution in [2.75, 3.05) is 0 Å². The summed E-state index contributed by atoms with van der Waals surface area (Å²) in [4.78, 5) is 30.3. The van der Waals surface area contributed by atoms with Crippen molar-refractivity contribution in [3.63, 3.8) is 0 Å². The van der Waals surface area contributed by atoms with Gasteiger partial charge in [-0.2, -0.15) is 0 Å². The van der Waals surface area contributed by atoms with Gasteiger partial charge in [-0.3, -0.25) is 5.32 Å². The van der Waals surface area contributed by atoms with Crippen LogP contribution in [0.2, 0.25) is 0 Å². The van der Waals surface area contributed by atoms with E-state index in [-0.39, 0.29) is 154 Å². The van der Waals surface area contributed by atoms with Gasteiger partial charge in [-0.05, 0) is 6.92 Å². The number of carboxylic acids is 3. The van der Waals surface area contributed by atoms with Crippen molar-refractivity contribution in [1.82, 2.24) is 5.32 Å². The number of carboxylic acid groups (broad SMARTS) is 3. The molecule has 1 atom stereocenters. The Balaban J connectivity index is -0.000000240. The summed E-state index contributed by atoms with van der Waals surface area (Å²) in [5.74, 6) is -5.55. The molecule has 0 aromatic carbocycles. The van der Waals surface area contributed by atoms with E-state index in [0.29, 0.717) is 0 Å². The fourth-order valence-corrected chi connectivity index (χ4v) is 0.550. The van der Waals surface area contributed by atoms with Gasteiger partial charge in [-0.1, -0.05) is 0 Å². The summed E-state index contributed by atoms with van der Waals surface area (Å²) in [6.07, 6.45) is 0. The van der Waals surface area contributed by atoms with Gasteiger partial charge in [-0.25, -0.2) is 0 Å². The van der Waals surface area contributed by atoms with Gasteiger partial charge in [0, 0.05) is 6.04 Å². The summed E-state index contributed by atoms with van der Waals surface area (Å²) in [5, 5.41) is 32.0. The van der Waals surface area contributed by atoms with Crippen LogP contribution in [0.4, 0.5) is 0 Å². The molecule has 0 saturated heterocycles. The van der Waals surface area contributed by atoms with Gasteiger partial charge in [-0.15, -0.1) is 0 Å². The third kappa shape index (κ3) is 12.3. The van der Waals surface area contributed by atoms with Gasteiger partial charge >= 0.3 is 154 Å². The van der Waals surface area contributed by atoms with Gasteiger partial charge in [0.15, 0.2) is 0 Å². The average molecular weight is 305 g/mol. The molecule has 7 nitrogen and oxygen atoms in total. The summed E-state index contributed by atoms with van der Waals surface area (Å²) >= 11 is 0. The molecule has 0 aromatic heterocycles. The number of nitrogens with one attached hydrogen (secondary N) is 1. The molecule has 0 spiro atoms. The van der Waals surface area contributed by atoms with E-state index in [1.807, 2.05) is 0 Å². The Morgan fingerprint density at radius 2 is 1.19 bits per heavy atom. The molecular formula is C6H6K3NO6. The van der Waals surface area contributed by atoms with Crippen molar-refractivity contribution in [3.8, 4) is 0 Å². The maximum atomic E-state index is 10.1. The Hall–Kier alpha value is 3.28. The first kappa shape index (κ1) is 27.6. The number of aliphatic carboxylic acids is 3.